The van der Waals surface area contributed by atoms with Gasteiger partial charge in [-0.1, -0.05) is 30.3 Å². The van der Waals surface area contributed by atoms with Gasteiger partial charge in [0.1, 0.15) is 5.82 Å². The van der Waals surface area contributed by atoms with E-state index in [1.54, 1.807) is 0 Å². The van der Waals surface area contributed by atoms with Crippen LogP contribution in [-0.4, -0.2) is 27.5 Å². The van der Waals surface area contributed by atoms with Crippen molar-refractivity contribution in [3.8, 4) is 0 Å². The summed E-state index contributed by atoms with van der Waals surface area (Å²) in [4.78, 5) is 7.32. The van der Waals surface area contributed by atoms with Gasteiger partial charge in [0.2, 0.25) is 0 Å². The lowest BCUT2D eigenvalue weighted by Crippen LogP contribution is -2.36. The summed E-state index contributed by atoms with van der Waals surface area (Å²) in [7, 11) is 0. The molecule has 3 nitrogen and oxygen atoms in total. The van der Waals surface area contributed by atoms with Gasteiger partial charge in [0.15, 0.2) is 0 Å². The predicted molar refractivity (Wildman–Crippen MR) is 88.9 cm³/mol. The number of hydrogen-bond donors (Lipinski definition) is 0. The van der Waals surface area contributed by atoms with Gasteiger partial charge in [-0.15, -0.1) is 0 Å². The van der Waals surface area contributed by atoms with E-state index in [1.165, 1.54) is 49.3 Å². The Morgan fingerprint density at radius 3 is 2.73 bits per heavy atom. The Hall–Kier alpha value is -1.61. The zero-order chi connectivity index (χ0) is 14.9. The van der Waals surface area contributed by atoms with Crippen LogP contribution in [0, 0.1) is 6.92 Å². The molecule has 1 atom stereocenters. The maximum atomic E-state index is 4.71. The van der Waals surface area contributed by atoms with E-state index in [-0.39, 0.29) is 0 Å². The SMILES string of the molecule is Cc1cnc(C2CC2)n1C1CCCN(Cc2ccccc2)C1. The first kappa shape index (κ1) is 14.0. The Morgan fingerprint density at radius 1 is 1.14 bits per heavy atom. The van der Waals surface area contributed by atoms with Gasteiger partial charge in [0, 0.05) is 36.9 Å². The summed E-state index contributed by atoms with van der Waals surface area (Å²) in [6, 6.07) is 11.5. The van der Waals surface area contributed by atoms with E-state index in [0.29, 0.717) is 6.04 Å². The Balaban J connectivity index is 1.50. The van der Waals surface area contributed by atoms with E-state index in [9.17, 15) is 0 Å². The number of hydrogen-bond acceptors (Lipinski definition) is 2. The maximum Gasteiger partial charge on any atom is 0.112 e. The molecule has 1 aliphatic heterocycles. The summed E-state index contributed by atoms with van der Waals surface area (Å²) in [5.74, 6) is 2.09. The molecule has 1 aliphatic carbocycles. The molecule has 2 aromatic rings. The van der Waals surface area contributed by atoms with Crippen LogP contribution in [0.3, 0.4) is 0 Å². The van der Waals surface area contributed by atoms with Crippen molar-refractivity contribution < 1.29 is 0 Å². The molecule has 0 spiro atoms. The van der Waals surface area contributed by atoms with Crippen LogP contribution in [0.15, 0.2) is 36.5 Å². The number of likely N-dealkylation sites (tertiary alicyclic amines) is 1. The lowest BCUT2D eigenvalue weighted by molar-refractivity contribution is 0.167. The lowest BCUT2D eigenvalue weighted by atomic mass is 10.0. The molecule has 22 heavy (non-hydrogen) atoms. The first-order chi connectivity index (χ1) is 10.8. The number of imidazole rings is 1. The number of aryl methyl sites for hydroxylation is 1. The highest BCUT2D eigenvalue weighted by Gasteiger charge is 2.32. The second-order valence-corrected chi connectivity index (χ2v) is 6.92. The van der Waals surface area contributed by atoms with Crippen molar-refractivity contribution in [1.82, 2.24) is 14.5 Å². The molecule has 1 unspecified atom stereocenters. The average Bonchev–Trinajstić information content (AvgIpc) is 3.31. The zero-order valence-electron chi connectivity index (χ0n) is 13.4. The Bertz CT molecular complexity index is 627. The Morgan fingerprint density at radius 2 is 1.95 bits per heavy atom. The quantitative estimate of drug-likeness (QED) is 0.853. The van der Waals surface area contributed by atoms with Gasteiger partial charge in [-0.2, -0.15) is 0 Å². The van der Waals surface area contributed by atoms with Gasteiger partial charge in [-0.05, 0) is 44.7 Å². The van der Waals surface area contributed by atoms with Crippen LogP contribution in [0.5, 0.6) is 0 Å². The molecule has 1 saturated heterocycles. The minimum Gasteiger partial charge on any atom is -0.328 e. The van der Waals surface area contributed by atoms with Crippen molar-refractivity contribution in [2.24, 2.45) is 0 Å². The average molecular weight is 295 g/mol. The molecule has 2 heterocycles. The van der Waals surface area contributed by atoms with Gasteiger partial charge < -0.3 is 4.57 Å². The Labute approximate surface area is 133 Å². The van der Waals surface area contributed by atoms with Crippen molar-refractivity contribution in [3.63, 3.8) is 0 Å². The standard InChI is InChI=1S/C19H25N3/c1-15-12-20-19(17-9-10-17)22(15)18-8-5-11-21(14-18)13-16-6-3-2-4-7-16/h2-4,6-7,12,17-18H,5,8-11,13-14H2,1H3. The van der Waals surface area contributed by atoms with E-state index in [0.717, 1.165) is 19.0 Å². The largest absolute Gasteiger partial charge is 0.328 e. The van der Waals surface area contributed by atoms with Crippen LogP contribution in [0.1, 0.15) is 54.7 Å². The molecule has 2 aliphatic rings. The number of rotatable bonds is 4. The van der Waals surface area contributed by atoms with Gasteiger partial charge in [-0.3, -0.25) is 4.90 Å². The second kappa shape index (κ2) is 5.88. The molecule has 1 aromatic carbocycles. The van der Waals surface area contributed by atoms with Crippen LogP contribution in [0.4, 0.5) is 0 Å². The van der Waals surface area contributed by atoms with Gasteiger partial charge in [-0.25, -0.2) is 4.98 Å². The summed E-state index contributed by atoms with van der Waals surface area (Å²) >= 11 is 0. The fourth-order valence-corrected chi connectivity index (χ4v) is 3.81. The van der Waals surface area contributed by atoms with Crippen LogP contribution < -0.4 is 0 Å². The molecule has 1 saturated carbocycles. The van der Waals surface area contributed by atoms with Crippen LogP contribution in [-0.2, 0) is 6.54 Å². The monoisotopic (exact) mass is 295 g/mol. The smallest absolute Gasteiger partial charge is 0.112 e. The van der Waals surface area contributed by atoms with Crippen molar-refractivity contribution in [3.05, 3.63) is 53.6 Å². The van der Waals surface area contributed by atoms with Gasteiger partial charge in [0.25, 0.3) is 0 Å². The summed E-state index contributed by atoms with van der Waals surface area (Å²) in [5, 5.41) is 0. The van der Waals surface area contributed by atoms with Gasteiger partial charge in [0.05, 0.1) is 0 Å². The third-order valence-electron chi connectivity index (χ3n) is 5.05. The third kappa shape index (κ3) is 2.82. The molecule has 0 radical (unpaired) electrons. The number of nitrogens with zero attached hydrogens (tertiary/aromatic N) is 3. The van der Waals surface area contributed by atoms with Crippen molar-refractivity contribution >= 4 is 0 Å². The zero-order valence-corrected chi connectivity index (χ0v) is 13.4. The first-order valence-corrected chi connectivity index (χ1v) is 8.61. The van der Waals surface area contributed by atoms with E-state index in [4.69, 9.17) is 4.98 Å². The molecule has 0 bridgehead atoms. The van der Waals surface area contributed by atoms with Crippen LogP contribution in [0.2, 0.25) is 0 Å². The molecule has 0 amide bonds. The number of benzene rings is 1. The molecule has 0 N–H and O–H groups in total. The molecule has 2 fully saturated rings. The summed E-state index contributed by atoms with van der Waals surface area (Å²) in [6.45, 7) is 5.67. The van der Waals surface area contributed by atoms with E-state index >= 15 is 0 Å². The normalized spacial score (nSPS) is 22.9. The highest BCUT2D eigenvalue weighted by Crippen LogP contribution is 2.41. The molecule has 116 valence electrons. The fourth-order valence-electron chi connectivity index (χ4n) is 3.81. The van der Waals surface area contributed by atoms with Crippen molar-refractivity contribution in [1.29, 1.82) is 0 Å². The summed E-state index contributed by atoms with van der Waals surface area (Å²) in [5.41, 5.74) is 2.77. The second-order valence-electron chi connectivity index (χ2n) is 6.92. The van der Waals surface area contributed by atoms with E-state index in [2.05, 4.69) is 52.9 Å². The first-order valence-electron chi connectivity index (χ1n) is 8.61. The van der Waals surface area contributed by atoms with Crippen molar-refractivity contribution in [2.75, 3.05) is 13.1 Å². The molecular weight excluding hydrogens is 270 g/mol. The van der Waals surface area contributed by atoms with Gasteiger partial charge >= 0.3 is 0 Å². The predicted octanol–water partition coefficient (Wildman–Crippen LogP) is 3.91. The summed E-state index contributed by atoms with van der Waals surface area (Å²) in [6.07, 6.45) is 7.32. The lowest BCUT2D eigenvalue weighted by Gasteiger charge is -2.34. The molecule has 1 aromatic heterocycles. The minimum absolute atomic E-state index is 0.607. The van der Waals surface area contributed by atoms with E-state index in [1.807, 2.05) is 0 Å². The molecule has 3 heteroatoms. The van der Waals surface area contributed by atoms with Crippen molar-refractivity contribution in [2.45, 2.75) is 51.1 Å². The highest BCUT2D eigenvalue weighted by atomic mass is 15.2. The van der Waals surface area contributed by atoms with E-state index < -0.39 is 0 Å². The maximum absolute atomic E-state index is 4.71. The van der Waals surface area contributed by atoms with Crippen LogP contribution >= 0.6 is 0 Å². The van der Waals surface area contributed by atoms with Crippen LogP contribution in [0.25, 0.3) is 0 Å². The number of aromatic nitrogens is 2. The molecular formula is C19H25N3. The Kier molecular flexibility index (Phi) is 3.75. The third-order valence-corrected chi connectivity index (χ3v) is 5.05. The fraction of sp³-hybridized carbons (Fsp3) is 0.526. The number of piperidine rings is 1. The minimum atomic E-state index is 0.607. The molecule has 4 rings (SSSR count). The topological polar surface area (TPSA) is 21.1 Å². The summed E-state index contributed by atoms with van der Waals surface area (Å²) < 4.78 is 2.55. The highest BCUT2D eigenvalue weighted by molar-refractivity contribution is 5.16.